The maximum atomic E-state index is 13.0. The summed E-state index contributed by atoms with van der Waals surface area (Å²) in [6.45, 7) is 4.29. The number of fused-ring (bicyclic) bond motifs is 1. The average Bonchev–Trinajstić information content (AvgIpc) is 3.14. The highest BCUT2D eigenvalue weighted by Gasteiger charge is 2.38. The minimum atomic E-state index is -0.430. The first-order valence-electron chi connectivity index (χ1n) is 12.2. The van der Waals surface area contributed by atoms with E-state index in [1.807, 2.05) is 18.2 Å². The summed E-state index contributed by atoms with van der Waals surface area (Å²) < 4.78 is 6.51. The molecule has 1 N–H and O–H groups in total. The van der Waals surface area contributed by atoms with E-state index in [1.54, 1.807) is 4.90 Å². The molecule has 0 spiro atoms. The largest absolute Gasteiger partial charge is 0.490 e. The lowest BCUT2D eigenvalue weighted by Gasteiger charge is -2.32. The van der Waals surface area contributed by atoms with Crippen LogP contribution >= 0.6 is 0 Å². The molecular weight excluding hydrogens is 412 g/mol. The molecule has 2 aromatic carbocycles. The van der Waals surface area contributed by atoms with Crippen LogP contribution in [0.15, 0.2) is 60.8 Å². The fourth-order valence-corrected chi connectivity index (χ4v) is 5.53. The number of carbonyl (C=O) groups excluding carboxylic acids is 2. The zero-order chi connectivity index (χ0) is 22.8. The van der Waals surface area contributed by atoms with Gasteiger partial charge in [0.05, 0.1) is 0 Å². The van der Waals surface area contributed by atoms with E-state index in [0.717, 1.165) is 36.3 Å². The number of aryl methyl sites for hydroxylation is 1. The molecule has 5 nitrogen and oxygen atoms in total. The van der Waals surface area contributed by atoms with Gasteiger partial charge in [0.15, 0.2) is 0 Å². The van der Waals surface area contributed by atoms with Crippen molar-refractivity contribution in [3.63, 3.8) is 0 Å². The van der Waals surface area contributed by atoms with Gasteiger partial charge in [-0.25, -0.2) is 0 Å². The smallest absolute Gasteiger partial charge is 0.255 e. The van der Waals surface area contributed by atoms with E-state index >= 15 is 0 Å². The van der Waals surface area contributed by atoms with Gasteiger partial charge in [0.2, 0.25) is 5.91 Å². The molecule has 0 aromatic heterocycles. The van der Waals surface area contributed by atoms with Gasteiger partial charge in [-0.2, -0.15) is 0 Å². The number of hydrogen-bond donors (Lipinski definition) is 1. The quantitative estimate of drug-likeness (QED) is 0.682. The molecule has 1 aliphatic carbocycles. The molecule has 172 valence electrons. The number of nitrogens with zero attached hydrogens (tertiary/aromatic N) is 1. The van der Waals surface area contributed by atoms with Crippen LogP contribution in [0, 0.1) is 5.92 Å². The summed E-state index contributed by atoms with van der Waals surface area (Å²) in [5, 5.41) is 2.80. The summed E-state index contributed by atoms with van der Waals surface area (Å²) in [5.41, 5.74) is 3.74. The molecule has 2 fully saturated rings. The van der Waals surface area contributed by atoms with E-state index in [9.17, 15) is 9.59 Å². The molecule has 1 saturated carbocycles. The van der Waals surface area contributed by atoms with Crippen molar-refractivity contribution in [3.05, 3.63) is 77.5 Å². The van der Waals surface area contributed by atoms with Crippen molar-refractivity contribution in [2.24, 2.45) is 5.92 Å². The lowest BCUT2D eigenvalue weighted by Crippen LogP contribution is -2.49. The van der Waals surface area contributed by atoms with Gasteiger partial charge in [0, 0.05) is 17.8 Å². The van der Waals surface area contributed by atoms with Gasteiger partial charge in [0.1, 0.15) is 17.9 Å². The van der Waals surface area contributed by atoms with Gasteiger partial charge in [-0.3, -0.25) is 9.59 Å². The average molecular weight is 445 g/mol. The van der Waals surface area contributed by atoms with Gasteiger partial charge in [-0.15, -0.1) is 0 Å². The number of nitrogens with one attached hydrogen (secondary N) is 1. The van der Waals surface area contributed by atoms with Crippen molar-refractivity contribution < 1.29 is 14.3 Å². The van der Waals surface area contributed by atoms with Crippen LogP contribution in [0.5, 0.6) is 5.75 Å². The molecule has 5 rings (SSSR count). The molecule has 1 unspecified atom stereocenters. The van der Waals surface area contributed by atoms with Gasteiger partial charge in [-0.1, -0.05) is 43.3 Å². The van der Waals surface area contributed by atoms with E-state index in [1.165, 1.54) is 24.8 Å². The second kappa shape index (κ2) is 9.42. The zero-order valence-corrected chi connectivity index (χ0v) is 19.1. The molecule has 2 amide bonds. The van der Waals surface area contributed by atoms with Crippen LogP contribution in [0.1, 0.15) is 66.4 Å². The summed E-state index contributed by atoms with van der Waals surface area (Å²) in [6, 6.07) is 16.0. The summed E-state index contributed by atoms with van der Waals surface area (Å²) in [4.78, 5) is 27.1. The Bertz CT molecular complexity index is 1050. The molecule has 2 heterocycles. The van der Waals surface area contributed by atoms with E-state index in [2.05, 4.69) is 42.2 Å². The Morgan fingerprint density at radius 1 is 1.03 bits per heavy atom. The third kappa shape index (κ3) is 4.68. The van der Waals surface area contributed by atoms with Gasteiger partial charge < -0.3 is 15.0 Å². The molecule has 1 saturated heterocycles. The van der Waals surface area contributed by atoms with Crippen LogP contribution in [0.25, 0.3) is 0 Å². The topological polar surface area (TPSA) is 58.6 Å². The third-order valence-corrected chi connectivity index (χ3v) is 7.38. The van der Waals surface area contributed by atoms with Gasteiger partial charge >= 0.3 is 0 Å². The molecule has 3 aliphatic rings. The van der Waals surface area contributed by atoms with Crippen molar-refractivity contribution in [3.8, 4) is 5.75 Å². The third-order valence-electron chi connectivity index (χ3n) is 7.38. The lowest BCUT2D eigenvalue weighted by atomic mass is 9.82. The van der Waals surface area contributed by atoms with Crippen molar-refractivity contribution in [2.45, 2.75) is 70.1 Å². The Labute approximate surface area is 195 Å². The Kier molecular flexibility index (Phi) is 6.21. The SMILES string of the molecule is C=C1CCC(N2Cc3cc(O[C@H]4CCCC[C@H]4CCc4ccccc4)ccc3C2=O)C(=O)N1. The van der Waals surface area contributed by atoms with E-state index in [0.29, 0.717) is 30.9 Å². The maximum Gasteiger partial charge on any atom is 0.255 e. The van der Waals surface area contributed by atoms with Crippen LogP contribution in [0.4, 0.5) is 0 Å². The molecule has 33 heavy (non-hydrogen) atoms. The molecular formula is C28H32N2O3. The monoisotopic (exact) mass is 444 g/mol. The number of piperidine rings is 1. The first-order chi connectivity index (χ1) is 16.1. The molecule has 2 aliphatic heterocycles. The highest BCUT2D eigenvalue weighted by Crippen LogP contribution is 2.34. The summed E-state index contributed by atoms with van der Waals surface area (Å²) in [6.07, 6.45) is 8.50. The van der Waals surface area contributed by atoms with Crippen molar-refractivity contribution in [1.82, 2.24) is 10.2 Å². The molecule has 3 atom stereocenters. The standard InChI is InChI=1S/C28H32N2O3/c1-19-11-16-25(27(31)29-19)30-18-22-17-23(14-15-24(22)28(30)32)33-26-10-6-5-9-21(26)13-12-20-7-3-2-4-8-20/h2-4,7-8,14-15,17,21,25-26H,1,5-6,9-13,16,18H2,(H,29,31)/t21-,25?,26-/m0/s1. The fourth-order valence-electron chi connectivity index (χ4n) is 5.53. The molecule has 5 heteroatoms. The minimum Gasteiger partial charge on any atom is -0.490 e. The van der Waals surface area contributed by atoms with E-state index in [-0.39, 0.29) is 17.9 Å². The fraction of sp³-hybridized carbons (Fsp3) is 0.429. The van der Waals surface area contributed by atoms with Crippen molar-refractivity contribution in [1.29, 1.82) is 0 Å². The highest BCUT2D eigenvalue weighted by molar-refractivity contribution is 6.01. The number of carbonyl (C=O) groups is 2. The van der Waals surface area contributed by atoms with Crippen LogP contribution in [0.2, 0.25) is 0 Å². The van der Waals surface area contributed by atoms with Gasteiger partial charge in [-0.05, 0) is 80.2 Å². The van der Waals surface area contributed by atoms with E-state index < -0.39 is 6.04 Å². The summed E-state index contributed by atoms with van der Waals surface area (Å²) in [5.74, 6) is 1.18. The van der Waals surface area contributed by atoms with E-state index in [4.69, 9.17) is 4.74 Å². The predicted octanol–water partition coefficient (Wildman–Crippen LogP) is 5.01. The first-order valence-corrected chi connectivity index (χ1v) is 12.2. The Balaban J connectivity index is 1.25. The Morgan fingerprint density at radius 2 is 1.85 bits per heavy atom. The second-order valence-corrected chi connectivity index (χ2v) is 9.62. The van der Waals surface area contributed by atoms with Crippen LogP contribution in [0.3, 0.4) is 0 Å². The maximum absolute atomic E-state index is 13.0. The lowest BCUT2D eigenvalue weighted by molar-refractivity contribution is -0.126. The molecule has 0 radical (unpaired) electrons. The zero-order valence-electron chi connectivity index (χ0n) is 19.1. The number of allylic oxidation sites excluding steroid dienone is 1. The normalized spacial score (nSPS) is 25.0. The van der Waals surface area contributed by atoms with Crippen LogP contribution in [-0.2, 0) is 17.8 Å². The van der Waals surface area contributed by atoms with Crippen LogP contribution in [-0.4, -0.2) is 28.9 Å². The van der Waals surface area contributed by atoms with Crippen molar-refractivity contribution in [2.75, 3.05) is 0 Å². The van der Waals surface area contributed by atoms with Gasteiger partial charge in [0.25, 0.3) is 5.91 Å². The minimum absolute atomic E-state index is 0.0670. The first kappa shape index (κ1) is 21.7. The Morgan fingerprint density at radius 3 is 2.67 bits per heavy atom. The number of ether oxygens (including phenoxy) is 1. The number of rotatable bonds is 6. The number of amides is 2. The van der Waals surface area contributed by atoms with Crippen molar-refractivity contribution >= 4 is 11.8 Å². The second-order valence-electron chi connectivity index (χ2n) is 9.62. The highest BCUT2D eigenvalue weighted by atomic mass is 16.5. The predicted molar refractivity (Wildman–Crippen MR) is 128 cm³/mol. The van der Waals surface area contributed by atoms with Crippen LogP contribution < -0.4 is 10.1 Å². The summed E-state index contributed by atoms with van der Waals surface area (Å²) in [7, 11) is 0. The molecule has 0 bridgehead atoms. The molecule has 2 aromatic rings. The number of benzene rings is 2. The number of hydrogen-bond acceptors (Lipinski definition) is 3. The Hall–Kier alpha value is -3.08. The summed E-state index contributed by atoms with van der Waals surface area (Å²) >= 11 is 0.